The number of methoxy groups -OCH3 is 1. The summed E-state index contributed by atoms with van der Waals surface area (Å²) in [5.74, 6) is 0.808. The lowest BCUT2D eigenvalue weighted by Crippen LogP contribution is -2.16. The molecule has 6 rings (SSSR count). The lowest BCUT2D eigenvalue weighted by molar-refractivity contribution is 0.109. The summed E-state index contributed by atoms with van der Waals surface area (Å²) in [7, 11) is -2.18. The quantitative estimate of drug-likeness (QED) is 0.340. The molecule has 1 aliphatic rings. The minimum absolute atomic E-state index is 0.277. The number of rotatable bonds is 5. The van der Waals surface area contributed by atoms with Gasteiger partial charge in [-0.15, -0.1) is 0 Å². The molecule has 0 radical (unpaired) electrons. The molecular formula is C28H26N2O4S. The molecule has 0 amide bonds. The number of fused-ring (bicyclic) bond motifs is 5. The lowest BCUT2D eigenvalue weighted by Gasteiger charge is -2.18. The molecule has 0 aliphatic carbocycles. The summed E-state index contributed by atoms with van der Waals surface area (Å²) in [6.07, 6.45) is 0.735. The first-order valence-corrected chi connectivity index (χ1v) is 13.1. The molecule has 3 aromatic carbocycles. The third kappa shape index (κ3) is 3.46. The zero-order valence-electron chi connectivity index (χ0n) is 19.7. The summed E-state index contributed by atoms with van der Waals surface area (Å²) in [5, 5.41) is 0.918. The van der Waals surface area contributed by atoms with E-state index in [0.29, 0.717) is 25.3 Å². The molecule has 0 bridgehead atoms. The van der Waals surface area contributed by atoms with Crippen molar-refractivity contribution in [3.05, 3.63) is 95.2 Å². The van der Waals surface area contributed by atoms with E-state index in [2.05, 4.69) is 16.7 Å². The van der Waals surface area contributed by atoms with E-state index < -0.39 is 10.0 Å². The molecule has 2 aromatic heterocycles. The number of para-hydroxylation sites is 1. The lowest BCUT2D eigenvalue weighted by atomic mass is 10.1. The molecule has 0 atom stereocenters. The van der Waals surface area contributed by atoms with Gasteiger partial charge >= 0.3 is 0 Å². The number of benzene rings is 3. The van der Waals surface area contributed by atoms with Crippen molar-refractivity contribution in [2.24, 2.45) is 0 Å². The maximum atomic E-state index is 14.1. The Bertz CT molecular complexity index is 1660. The van der Waals surface area contributed by atoms with Gasteiger partial charge in [-0.25, -0.2) is 12.4 Å². The molecule has 6 nitrogen and oxygen atoms in total. The van der Waals surface area contributed by atoms with Gasteiger partial charge in [-0.3, -0.25) is 0 Å². The fraction of sp³-hybridized carbons (Fsp3) is 0.214. The molecule has 0 unspecified atom stereocenters. The summed E-state index contributed by atoms with van der Waals surface area (Å²) in [4.78, 5) is 0.277. The molecule has 0 N–H and O–H groups in total. The van der Waals surface area contributed by atoms with Gasteiger partial charge in [0.15, 0.2) is 0 Å². The highest BCUT2D eigenvalue weighted by Crippen LogP contribution is 2.40. The van der Waals surface area contributed by atoms with E-state index in [9.17, 15) is 8.42 Å². The molecule has 0 spiro atoms. The Morgan fingerprint density at radius 3 is 2.43 bits per heavy atom. The van der Waals surface area contributed by atoms with E-state index in [1.165, 1.54) is 3.97 Å². The molecule has 5 aromatic rings. The largest absolute Gasteiger partial charge is 0.497 e. The van der Waals surface area contributed by atoms with Gasteiger partial charge in [0, 0.05) is 29.6 Å². The van der Waals surface area contributed by atoms with Gasteiger partial charge in [-0.2, -0.15) is 0 Å². The molecule has 178 valence electrons. The molecule has 0 saturated carbocycles. The van der Waals surface area contributed by atoms with Gasteiger partial charge in [0.05, 0.1) is 41.8 Å². The van der Waals surface area contributed by atoms with Gasteiger partial charge in [0.1, 0.15) is 5.75 Å². The van der Waals surface area contributed by atoms with Crippen molar-refractivity contribution in [1.29, 1.82) is 0 Å². The second kappa shape index (κ2) is 8.29. The number of hydrogen-bond acceptors (Lipinski definition) is 4. The molecule has 1 aliphatic heterocycles. The van der Waals surface area contributed by atoms with Crippen LogP contribution in [0.1, 0.15) is 22.4 Å². The average Bonchev–Trinajstić information content (AvgIpc) is 3.38. The van der Waals surface area contributed by atoms with Crippen LogP contribution in [0.2, 0.25) is 0 Å². The first kappa shape index (κ1) is 21.9. The second-order valence-corrected chi connectivity index (χ2v) is 10.7. The molecule has 7 heteroatoms. The highest BCUT2D eigenvalue weighted by molar-refractivity contribution is 7.90. The van der Waals surface area contributed by atoms with Crippen molar-refractivity contribution < 1.29 is 17.9 Å². The number of aryl methyl sites for hydroxylation is 1. The van der Waals surface area contributed by atoms with Crippen LogP contribution in [0.15, 0.2) is 77.7 Å². The van der Waals surface area contributed by atoms with Gasteiger partial charge in [-0.05, 0) is 42.8 Å². The summed E-state index contributed by atoms with van der Waals surface area (Å²) < 4.78 is 43.1. The Balaban J connectivity index is 1.66. The van der Waals surface area contributed by atoms with Crippen molar-refractivity contribution in [2.75, 3.05) is 13.7 Å². The van der Waals surface area contributed by atoms with Crippen molar-refractivity contribution >= 4 is 32.0 Å². The monoisotopic (exact) mass is 486 g/mol. The summed E-state index contributed by atoms with van der Waals surface area (Å²) in [6, 6.07) is 22.8. The maximum Gasteiger partial charge on any atom is 0.268 e. The Morgan fingerprint density at radius 1 is 0.943 bits per heavy atom. The zero-order valence-corrected chi connectivity index (χ0v) is 20.5. The number of aromatic nitrogens is 2. The summed E-state index contributed by atoms with van der Waals surface area (Å²) in [5.41, 5.74) is 6.55. The van der Waals surface area contributed by atoms with E-state index in [0.717, 1.165) is 51.0 Å². The SMILES string of the molecule is COc1ccc(Cn2c3c(c4c2c2ccccc2n4S(=O)(=O)c2ccc(C)cc2)COCC3)cc1. The van der Waals surface area contributed by atoms with Crippen LogP contribution in [0.5, 0.6) is 5.75 Å². The van der Waals surface area contributed by atoms with Crippen molar-refractivity contribution in [3.8, 4) is 5.75 Å². The third-order valence-corrected chi connectivity index (χ3v) is 8.55. The zero-order chi connectivity index (χ0) is 24.2. The predicted molar refractivity (Wildman–Crippen MR) is 137 cm³/mol. The first-order chi connectivity index (χ1) is 17.0. The summed E-state index contributed by atoms with van der Waals surface area (Å²) >= 11 is 0. The fourth-order valence-corrected chi connectivity index (χ4v) is 6.65. The standard InChI is InChI=1S/C28H26N2O4S/c1-19-7-13-22(14-8-19)35(31,32)30-26-6-4-3-5-23(26)27-28(30)24-18-34-16-15-25(24)29(27)17-20-9-11-21(33-2)12-10-20/h3-14H,15-18H2,1-2H3. The smallest absolute Gasteiger partial charge is 0.268 e. The molecule has 3 heterocycles. The van der Waals surface area contributed by atoms with Crippen LogP contribution in [-0.2, 0) is 34.3 Å². The van der Waals surface area contributed by atoms with Gasteiger partial charge in [0.2, 0.25) is 0 Å². The van der Waals surface area contributed by atoms with Gasteiger partial charge in [0.25, 0.3) is 10.0 Å². The van der Waals surface area contributed by atoms with Crippen molar-refractivity contribution in [1.82, 2.24) is 8.54 Å². The van der Waals surface area contributed by atoms with Crippen LogP contribution in [0.3, 0.4) is 0 Å². The Labute approximate surface area is 204 Å². The van der Waals surface area contributed by atoms with Crippen molar-refractivity contribution in [3.63, 3.8) is 0 Å². The first-order valence-electron chi connectivity index (χ1n) is 11.7. The topological polar surface area (TPSA) is 62.5 Å². The summed E-state index contributed by atoms with van der Waals surface area (Å²) in [6.45, 7) is 3.59. The number of nitrogens with zero attached hydrogens (tertiary/aromatic N) is 2. The highest BCUT2D eigenvalue weighted by Gasteiger charge is 2.31. The highest BCUT2D eigenvalue weighted by atomic mass is 32.2. The van der Waals surface area contributed by atoms with E-state index in [1.54, 1.807) is 19.2 Å². The van der Waals surface area contributed by atoms with Gasteiger partial charge in [-0.1, -0.05) is 48.0 Å². The molecule has 0 fully saturated rings. The minimum atomic E-state index is -3.84. The fourth-order valence-electron chi connectivity index (χ4n) is 5.10. The van der Waals surface area contributed by atoms with E-state index in [1.807, 2.05) is 55.5 Å². The van der Waals surface area contributed by atoms with Gasteiger partial charge < -0.3 is 14.0 Å². The van der Waals surface area contributed by atoms with Crippen LogP contribution >= 0.6 is 0 Å². The van der Waals surface area contributed by atoms with Crippen LogP contribution in [0.4, 0.5) is 0 Å². The van der Waals surface area contributed by atoms with Crippen molar-refractivity contribution in [2.45, 2.75) is 31.4 Å². The van der Waals surface area contributed by atoms with E-state index in [4.69, 9.17) is 9.47 Å². The van der Waals surface area contributed by atoms with Crippen LogP contribution in [-0.4, -0.2) is 30.7 Å². The van der Waals surface area contributed by atoms with E-state index in [-0.39, 0.29) is 4.90 Å². The predicted octanol–water partition coefficient (Wildman–Crippen LogP) is 5.27. The average molecular weight is 487 g/mol. The maximum absolute atomic E-state index is 14.1. The number of ether oxygens (including phenoxy) is 2. The molecule has 0 saturated heterocycles. The van der Waals surface area contributed by atoms with Crippen LogP contribution in [0, 0.1) is 6.92 Å². The molecular weight excluding hydrogens is 460 g/mol. The Kier molecular flexibility index (Phi) is 5.20. The normalized spacial score (nSPS) is 13.9. The third-order valence-electron chi connectivity index (χ3n) is 6.82. The molecule has 35 heavy (non-hydrogen) atoms. The Morgan fingerprint density at radius 2 is 1.69 bits per heavy atom. The number of hydrogen-bond donors (Lipinski definition) is 0. The second-order valence-electron chi connectivity index (χ2n) is 8.96. The van der Waals surface area contributed by atoms with E-state index >= 15 is 0 Å². The van der Waals surface area contributed by atoms with Crippen LogP contribution in [0.25, 0.3) is 21.9 Å². The van der Waals surface area contributed by atoms with Crippen LogP contribution < -0.4 is 4.74 Å². The Hall–Kier alpha value is -3.55. The minimum Gasteiger partial charge on any atom is -0.497 e.